The Balaban J connectivity index is 2.40. The van der Waals surface area contributed by atoms with Gasteiger partial charge in [-0.25, -0.2) is 0 Å². The molecule has 2 aromatic carbocycles. The fraction of sp³-hybridized carbons (Fsp3) is 0.0625. The first-order valence-corrected chi connectivity index (χ1v) is 6.44. The highest BCUT2D eigenvalue weighted by Crippen LogP contribution is 2.21. The summed E-state index contributed by atoms with van der Waals surface area (Å²) >= 11 is 3.42. The van der Waals surface area contributed by atoms with Gasteiger partial charge in [-0.3, -0.25) is 4.79 Å². The van der Waals surface area contributed by atoms with Gasteiger partial charge < -0.3 is 0 Å². The zero-order valence-electron chi connectivity index (χ0n) is 10.1. The van der Waals surface area contributed by atoms with Gasteiger partial charge in [-0.1, -0.05) is 64.5 Å². The molecule has 0 unspecified atom stereocenters. The molecule has 1 nitrogen and oxygen atoms in total. The van der Waals surface area contributed by atoms with Gasteiger partial charge in [-0.15, -0.1) is 0 Å². The molecule has 0 aliphatic rings. The van der Waals surface area contributed by atoms with Gasteiger partial charge in [0.05, 0.1) is 0 Å². The van der Waals surface area contributed by atoms with Crippen LogP contribution in [0.2, 0.25) is 0 Å². The van der Waals surface area contributed by atoms with Crippen LogP contribution in [0.15, 0.2) is 53.5 Å². The van der Waals surface area contributed by atoms with Crippen LogP contribution in [0.5, 0.6) is 0 Å². The van der Waals surface area contributed by atoms with Crippen LogP contribution >= 0.6 is 15.9 Å². The molecular weight excluding hydrogens is 288 g/mol. The molecule has 0 aliphatic heterocycles. The average molecular weight is 301 g/mol. The molecule has 0 radical (unpaired) electrons. The van der Waals surface area contributed by atoms with E-state index >= 15 is 0 Å². The van der Waals surface area contributed by atoms with Crippen LogP contribution in [0.4, 0.5) is 0 Å². The Morgan fingerprint density at radius 3 is 2.44 bits per heavy atom. The SMILES string of the molecule is C=Cc1ccc(C(=O)c2cc(C)ccc2Br)cc1. The zero-order valence-corrected chi connectivity index (χ0v) is 11.7. The predicted octanol–water partition coefficient (Wildman–Crippen LogP) is 4.63. The molecule has 0 bridgehead atoms. The van der Waals surface area contributed by atoms with Crippen LogP contribution in [-0.2, 0) is 0 Å². The second-order valence-corrected chi connectivity index (χ2v) is 4.99. The lowest BCUT2D eigenvalue weighted by Gasteiger charge is -2.05. The van der Waals surface area contributed by atoms with Crippen molar-refractivity contribution in [1.29, 1.82) is 0 Å². The molecule has 0 fully saturated rings. The number of rotatable bonds is 3. The maximum Gasteiger partial charge on any atom is 0.194 e. The third-order valence-corrected chi connectivity index (χ3v) is 3.47. The van der Waals surface area contributed by atoms with Gasteiger partial charge in [0.2, 0.25) is 0 Å². The van der Waals surface area contributed by atoms with E-state index in [2.05, 4.69) is 22.5 Å². The summed E-state index contributed by atoms with van der Waals surface area (Å²) < 4.78 is 0.825. The molecule has 2 aromatic rings. The average Bonchev–Trinajstić information content (AvgIpc) is 2.41. The minimum atomic E-state index is 0.0289. The maximum absolute atomic E-state index is 12.4. The summed E-state index contributed by atoms with van der Waals surface area (Å²) in [5.41, 5.74) is 3.47. The van der Waals surface area contributed by atoms with Gasteiger partial charge in [0.1, 0.15) is 0 Å². The van der Waals surface area contributed by atoms with Crippen LogP contribution in [0, 0.1) is 6.92 Å². The summed E-state index contributed by atoms with van der Waals surface area (Å²) in [5.74, 6) is 0.0289. The second-order valence-electron chi connectivity index (χ2n) is 4.14. The monoisotopic (exact) mass is 300 g/mol. The van der Waals surface area contributed by atoms with Crippen molar-refractivity contribution in [2.75, 3.05) is 0 Å². The summed E-state index contributed by atoms with van der Waals surface area (Å²) in [6, 6.07) is 13.2. The minimum Gasteiger partial charge on any atom is -0.289 e. The van der Waals surface area contributed by atoms with Crippen LogP contribution in [0.3, 0.4) is 0 Å². The minimum absolute atomic E-state index is 0.0289. The standard InChI is InChI=1S/C16H13BrO/c1-3-12-5-7-13(8-6-12)16(18)14-10-11(2)4-9-15(14)17/h3-10H,1H2,2H3. The normalized spacial score (nSPS) is 10.1. The molecule has 0 aromatic heterocycles. The van der Waals surface area contributed by atoms with E-state index in [4.69, 9.17) is 0 Å². The Bertz CT molecular complexity index is 597. The van der Waals surface area contributed by atoms with Crippen LogP contribution < -0.4 is 0 Å². The maximum atomic E-state index is 12.4. The molecule has 90 valence electrons. The number of benzene rings is 2. The van der Waals surface area contributed by atoms with Gasteiger partial charge in [0, 0.05) is 15.6 Å². The lowest BCUT2D eigenvalue weighted by Crippen LogP contribution is -2.02. The van der Waals surface area contributed by atoms with Crippen LogP contribution in [0.25, 0.3) is 6.08 Å². The number of halogens is 1. The summed E-state index contributed by atoms with van der Waals surface area (Å²) in [6.45, 7) is 5.67. The molecule has 0 heterocycles. The van der Waals surface area contributed by atoms with E-state index in [0.29, 0.717) is 11.1 Å². The molecule has 18 heavy (non-hydrogen) atoms. The van der Waals surface area contributed by atoms with Gasteiger partial charge in [0.25, 0.3) is 0 Å². The summed E-state index contributed by atoms with van der Waals surface area (Å²) in [5, 5.41) is 0. The van der Waals surface area contributed by atoms with Gasteiger partial charge >= 0.3 is 0 Å². The molecule has 0 amide bonds. The molecule has 0 atom stereocenters. The molecule has 0 aliphatic carbocycles. The fourth-order valence-corrected chi connectivity index (χ4v) is 2.17. The first-order chi connectivity index (χ1) is 8.61. The molecule has 0 spiro atoms. The zero-order chi connectivity index (χ0) is 13.1. The van der Waals surface area contributed by atoms with Crippen LogP contribution in [0.1, 0.15) is 27.0 Å². The van der Waals surface area contributed by atoms with Crippen LogP contribution in [-0.4, -0.2) is 5.78 Å². The van der Waals surface area contributed by atoms with E-state index in [-0.39, 0.29) is 5.78 Å². The third-order valence-electron chi connectivity index (χ3n) is 2.78. The molecular formula is C16H13BrO. The van der Waals surface area contributed by atoms with Crippen molar-refractivity contribution in [3.8, 4) is 0 Å². The highest BCUT2D eigenvalue weighted by atomic mass is 79.9. The number of hydrogen-bond acceptors (Lipinski definition) is 1. The lowest BCUT2D eigenvalue weighted by atomic mass is 10.0. The van der Waals surface area contributed by atoms with Crippen molar-refractivity contribution in [3.05, 3.63) is 75.8 Å². The van der Waals surface area contributed by atoms with E-state index < -0.39 is 0 Å². The Kier molecular flexibility index (Phi) is 3.78. The number of hydrogen-bond donors (Lipinski definition) is 0. The van der Waals surface area contributed by atoms with E-state index in [0.717, 1.165) is 15.6 Å². The number of aryl methyl sites for hydroxylation is 1. The number of ketones is 1. The van der Waals surface area contributed by atoms with E-state index in [9.17, 15) is 4.79 Å². The highest BCUT2D eigenvalue weighted by molar-refractivity contribution is 9.10. The fourth-order valence-electron chi connectivity index (χ4n) is 1.74. The van der Waals surface area contributed by atoms with Crippen molar-refractivity contribution >= 4 is 27.8 Å². The molecule has 0 saturated heterocycles. The van der Waals surface area contributed by atoms with E-state index in [1.54, 1.807) is 6.08 Å². The summed E-state index contributed by atoms with van der Waals surface area (Å²) in [7, 11) is 0. The first kappa shape index (κ1) is 12.8. The smallest absolute Gasteiger partial charge is 0.194 e. The Morgan fingerprint density at radius 2 is 1.83 bits per heavy atom. The van der Waals surface area contributed by atoms with Crippen molar-refractivity contribution < 1.29 is 4.79 Å². The molecule has 2 heteroatoms. The van der Waals surface area contributed by atoms with Gasteiger partial charge in [-0.2, -0.15) is 0 Å². The first-order valence-electron chi connectivity index (χ1n) is 5.65. The van der Waals surface area contributed by atoms with E-state index in [1.165, 1.54) is 0 Å². The second kappa shape index (κ2) is 5.32. The van der Waals surface area contributed by atoms with E-state index in [1.807, 2.05) is 49.4 Å². The van der Waals surface area contributed by atoms with Crippen molar-refractivity contribution in [1.82, 2.24) is 0 Å². The van der Waals surface area contributed by atoms with Crippen molar-refractivity contribution in [2.24, 2.45) is 0 Å². The molecule has 2 rings (SSSR count). The van der Waals surface area contributed by atoms with Gasteiger partial charge in [-0.05, 0) is 24.6 Å². The number of carbonyl (C=O) groups excluding carboxylic acids is 1. The molecule has 0 saturated carbocycles. The predicted molar refractivity (Wildman–Crippen MR) is 78.8 cm³/mol. The highest BCUT2D eigenvalue weighted by Gasteiger charge is 2.12. The number of carbonyl (C=O) groups is 1. The Labute approximate surface area is 115 Å². The topological polar surface area (TPSA) is 17.1 Å². The summed E-state index contributed by atoms with van der Waals surface area (Å²) in [6.07, 6.45) is 1.76. The largest absolute Gasteiger partial charge is 0.289 e. The summed E-state index contributed by atoms with van der Waals surface area (Å²) in [4.78, 5) is 12.4. The Hall–Kier alpha value is -1.67. The van der Waals surface area contributed by atoms with Crippen molar-refractivity contribution in [2.45, 2.75) is 6.92 Å². The molecule has 0 N–H and O–H groups in total. The van der Waals surface area contributed by atoms with Gasteiger partial charge in [0.15, 0.2) is 5.78 Å². The Morgan fingerprint density at radius 1 is 1.17 bits per heavy atom. The third kappa shape index (κ3) is 2.59. The van der Waals surface area contributed by atoms with Crippen molar-refractivity contribution in [3.63, 3.8) is 0 Å². The quantitative estimate of drug-likeness (QED) is 0.755. The lowest BCUT2D eigenvalue weighted by molar-refractivity contribution is 0.103.